The Morgan fingerprint density at radius 2 is 0.417 bits per heavy atom. The van der Waals surface area contributed by atoms with Crippen LogP contribution in [0.15, 0.2) is 63.2 Å². The van der Waals surface area contributed by atoms with E-state index < -0.39 is 0 Å². The predicted octanol–water partition coefficient (Wildman–Crippen LogP) is 9.55. The number of aromatic nitrogens is 6. The van der Waals surface area contributed by atoms with Crippen LogP contribution in [0.1, 0.15) is 0 Å². The van der Waals surface area contributed by atoms with Crippen LogP contribution in [0.4, 0.5) is 0 Å². The average molecular weight is 858 g/mol. The Labute approximate surface area is 252 Å². The van der Waals surface area contributed by atoms with Crippen molar-refractivity contribution in [3.8, 4) is 0 Å². The Hall–Kier alpha value is -1.44. The van der Waals surface area contributed by atoms with E-state index in [4.69, 9.17) is 29.9 Å². The summed E-state index contributed by atoms with van der Waals surface area (Å²) in [6, 6.07) is 11.6. The molecule has 0 atom stereocenters. The lowest BCUT2D eigenvalue weighted by Gasteiger charge is -2.11. The third-order valence-corrected chi connectivity index (χ3v) is 11.3. The molecule has 0 bridgehead atoms. The van der Waals surface area contributed by atoms with E-state index in [1.54, 1.807) is 0 Å². The van der Waals surface area contributed by atoms with Gasteiger partial charge in [0, 0.05) is 26.8 Å². The quantitative estimate of drug-likeness (QED) is 0.112. The van der Waals surface area contributed by atoms with Gasteiger partial charge in [-0.05, 0) is 132 Å². The van der Waals surface area contributed by atoms with Gasteiger partial charge in [0.2, 0.25) is 0 Å². The number of benzene rings is 4. The first-order chi connectivity index (χ1) is 17.3. The molecule has 0 aliphatic heterocycles. The van der Waals surface area contributed by atoms with Crippen molar-refractivity contribution in [1.82, 2.24) is 29.9 Å². The van der Waals surface area contributed by atoms with E-state index in [0.29, 0.717) is 33.1 Å². The van der Waals surface area contributed by atoms with Gasteiger partial charge >= 0.3 is 0 Å². The first-order valence-electron chi connectivity index (χ1n) is 10.3. The molecule has 174 valence electrons. The van der Waals surface area contributed by atoms with Crippen molar-refractivity contribution >= 4 is 162 Å². The van der Waals surface area contributed by atoms with Crippen molar-refractivity contribution in [2.75, 3.05) is 0 Å². The van der Waals surface area contributed by atoms with Gasteiger partial charge in [-0.3, -0.25) is 0 Å². The number of rotatable bonds is 0. The zero-order valence-corrected chi connectivity index (χ0v) is 26.9. The maximum Gasteiger partial charge on any atom is 0.120 e. The molecule has 3 heterocycles. The van der Waals surface area contributed by atoms with Gasteiger partial charge in [-0.1, -0.05) is 0 Å². The highest BCUT2D eigenvalue weighted by Crippen LogP contribution is 2.37. The van der Waals surface area contributed by atoms with Gasteiger partial charge in [0.25, 0.3) is 0 Å². The zero-order valence-electron chi connectivity index (χ0n) is 17.4. The molecule has 4 aromatic carbocycles. The molecule has 12 heteroatoms. The summed E-state index contributed by atoms with van der Waals surface area (Å²) in [6.45, 7) is 0. The van der Waals surface area contributed by atoms with E-state index in [9.17, 15) is 0 Å². The number of hydrogen-bond acceptors (Lipinski definition) is 6. The van der Waals surface area contributed by atoms with Crippen LogP contribution >= 0.6 is 95.6 Å². The third-order valence-electron chi connectivity index (χ3n) is 5.79. The Morgan fingerprint density at radius 3 is 0.556 bits per heavy atom. The molecule has 0 saturated heterocycles. The smallest absolute Gasteiger partial charge is 0.120 e. The SMILES string of the molecule is Brc1cc2nc3c4nc5cc(Br)c(Br)cc5nc4c4nc5cc(Br)c(Br)cc5nc4c3nc2cc1Br. The van der Waals surface area contributed by atoms with Gasteiger partial charge in [0.05, 0.1) is 33.1 Å². The van der Waals surface area contributed by atoms with Crippen LogP contribution in [0.5, 0.6) is 0 Å². The molecule has 0 aliphatic rings. The minimum Gasteiger partial charge on any atom is -0.242 e. The van der Waals surface area contributed by atoms with Crippen molar-refractivity contribution in [3.05, 3.63) is 63.2 Å². The summed E-state index contributed by atoms with van der Waals surface area (Å²) in [5.41, 5.74) is 8.14. The first-order valence-corrected chi connectivity index (χ1v) is 15.0. The third kappa shape index (κ3) is 3.63. The van der Waals surface area contributed by atoms with Crippen LogP contribution in [0, 0.1) is 0 Å². The number of nitrogens with zero attached hydrogens (tertiary/aromatic N) is 6. The van der Waals surface area contributed by atoms with Crippen LogP contribution in [0.2, 0.25) is 0 Å². The summed E-state index contributed by atoms with van der Waals surface area (Å²) in [5, 5.41) is 0. The van der Waals surface area contributed by atoms with Crippen molar-refractivity contribution in [1.29, 1.82) is 0 Å². The average Bonchev–Trinajstić information content (AvgIpc) is 2.84. The van der Waals surface area contributed by atoms with Gasteiger partial charge in [-0.25, -0.2) is 29.9 Å². The number of hydrogen-bond donors (Lipinski definition) is 0. The summed E-state index contributed by atoms with van der Waals surface area (Å²) in [6.07, 6.45) is 0. The first kappa shape index (κ1) is 23.7. The number of halogens is 6. The van der Waals surface area contributed by atoms with Crippen LogP contribution in [0.25, 0.3) is 66.2 Å². The summed E-state index contributed by atoms with van der Waals surface area (Å²) in [7, 11) is 0. The predicted molar refractivity (Wildman–Crippen MR) is 164 cm³/mol. The highest BCUT2D eigenvalue weighted by atomic mass is 79.9. The van der Waals surface area contributed by atoms with Gasteiger partial charge < -0.3 is 0 Å². The molecule has 3 aromatic heterocycles. The summed E-state index contributed by atoms with van der Waals surface area (Å²) in [4.78, 5) is 30.0. The molecular weight excluding hydrogens is 852 g/mol. The topological polar surface area (TPSA) is 77.3 Å². The summed E-state index contributed by atoms with van der Waals surface area (Å²) >= 11 is 21.4. The van der Waals surface area contributed by atoms with E-state index >= 15 is 0 Å². The summed E-state index contributed by atoms with van der Waals surface area (Å²) < 4.78 is 5.33. The fourth-order valence-corrected chi connectivity index (χ4v) is 6.13. The van der Waals surface area contributed by atoms with Crippen LogP contribution in [-0.2, 0) is 0 Å². The monoisotopic (exact) mass is 852 g/mol. The van der Waals surface area contributed by atoms with Gasteiger partial charge in [0.1, 0.15) is 33.1 Å². The lowest BCUT2D eigenvalue weighted by Crippen LogP contribution is -1.99. The second-order valence-electron chi connectivity index (χ2n) is 8.03. The summed E-state index contributed by atoms with van der Waals surface area (Å²) in [5.74, 6) is 0. The van der Waals surface area contributed by atoms with E-state index in [1.807, 2.05) is 36.4 Å². The minimum atomic E-state index is 0.623. The van der Waals surface area contributed by atoms with Crippen molar-refractivity contribution in [2.45, 2.75) is 0 Å². The fourth-order valence-electron chi connectivity index (χ4n) is 4.15. The van der Waals surface area contributed by atoms with E-state index in [-0.39, 0.29) is 0 Å². The molecule has 36 heavy (non-hydrogen) atoms. The van der Waals surface area contributed by atoms with Gasteiger partial charge in [-0.15, -0.1) is 0 Å². The number of fused-ring (bicyclic) bond motifs is 9. The second-order valence-corrected chi connectivity index (χ2v) is 13.2. The zero-order chi connectivity index (χ0) is 24.9. The van der Waals surface area contributed by atoms with Crippen LogP contribution in [0.3, 0.4) is 0 Å². The molecule has 0 saturated carbocycles. The lowest BCUT2D eigenvalue weighted by molar-refractivity contribution is 1.33. The van der Waals surface area contributed by atoms with Crippen LogP contribution < -0.4 is 0 Å². The maximum atomic E-state index is 5.00. The molecule has 0 N–H and O–H groups in total. The van der Waals surface area contributed by atoms with Crippen molar-refractivity contribution in [2.24, 2.45) is 0 Å². The Bertz CT molecular complexity index is 1710. The Balaban J connectivity index is 1.76. The molecular formula is C24H6Br6N6. The molecule has 7 rings (SSSR count). The van der Waals surface area contributed by atoms with E-state index in [0.717, 1.165) is 59.9 Å². The largest absolute Gasteiger partial charge is 0.242 e. The maximum absolute atomic E-state index is 5.00. The molecule has 0 amide bonds. The fraction of sp³-hybridized carbons (Fsp3) is 0. The van der Waals surface area contributed by atoms with Gasteiger partial charge in [-0.2, -0.15) is 0 Å². The molecule has 0 fully saturated rings. The van der Waals surface area contributed by atoms with Gasteiger partial charge in [0.15, 0.2) is 0 Å². The van der Waals surface area contributed by atoms with Crippen molar-refractivity contribution in [3.63, 3.8) is 0 Å². The second kappa shape index (κ2) is 8.54. The van der Waals surface area contributed by atoms with E-state index in [1.165, 1.54) is 0 Å². The van der Waals surface area contributed by atoms with E-state index in [2.05, 4.69) is 95.6 Å². The minimum absolute atomic E-state index is 0.623. The highest BCUT2D eigenvalue weighted by Gasteiger charge is 2.20. The Kier molecular flexibility index (Phi) is 5.61. The molecule has 6 nitrogen and oxygen atoms in total. The lowest BCUT2D eigenvalue weighted by atomic mass is 10.1. The van der Waals surface area contributed by atoms with Crippen LogP contribution in [-0.4, -0.2) is 29.9 Å². The molecule has 0 spiro atoms. The van der Waals surface area contributed by atoms with Crippen molar-refractivity contribution < 1.29 is 0 Å². The molecule has 7 aromatic rings. The highest BCUT2D eigenvalue weighted by molar-refractivity contribution is 9.13. The Morgan fingerprint density at radius 1 is 0.278 bits per heavy atom. The standard InChI is InChI=1S/C24H6Br6N6/c25-7-1-13-14(2-8(7)26)32-20-19(31-13)21-23(35-16-4-10(28)9(27)3-15(16)33-21)24-22(20)34-17-5-11(29)12(30)6-18(17)36-24/h1-6H. The molecule has 0 radical (unpaired) electrons. The normalized spacial score (nSPS) is 12.2. The molecule has 0 aliphatic carbocycles. The molecule has 0 unspecified atom stereocenters.